The van der Waals surface area contributed by atoms with Crippen LogP contribution in [0.4, 0.5) is 5.69 Å². The number of aryl methyl sites for hydroxylation is 2. The zero-order valence-corrected chi connectivity index (χ0v) is 14.9. The highest BCUT2D eigenvalue weighted by atomic mass is 16.5. The lowest BCUT2D eigenvalue weighted by Crippen LogP contribution is -2.16. The zero-order valence-electron chi connectivity index (χ0n) is 14.9. The monoisotopic (exact) mass is 352 g/mol. The van der Waals surface area contributed by atoms with E-state index >= 15 is 0 Å². The van der Waals surface area contributed by atoms with Gasteiger partial charge in [-0.3, -0.25) is 4.79 Å². The summed E-state index contributed by atoms with van der Waals surface area (Å²) in [5, 5.41) is 6.72. The van der Waals surface area contributed by atoms with Crippen molar-refractivity contribution in [3.8, 4) is 11.5 Å². The van der Waals surface area contributed by atoms with Crippen LogP contribution in [0.2, 0.25) is 0 Å². The van der Waals surface area contributed by atoms with Crippen molar-refractivity contribution in [1.82, 2.24) is 5.16 Å². The molecule has 26 heavy (non-hydrogen) atoms. The Morgan fingerprint density at radius 2 is 1.92 bits per heavy atom. The molecule has 0 aliphatic rings. The largest absolute Gasteiger partial charge is 0.495 e. The van der Waals surface area contributed by atoms with Crippen molar-refractivity contribution >= 4 is 11.6 Å². The molecule has 0 radical (unpaired) electrons. The lowest BCUT2D eigenvalue weighted by molar-refractivity contribution is 0.101. The molecule has 3 rings (SSSR count). The van der Waals surface area contributed by atoms with Gasteiger partial charge in [0.05, 0.1) is 18.4 Å². The molecule has 0 spiro atoms. The van der Waals surface area contributed by atoms with Gasteiger partial charge in [-0.05, 0) is 43.7 Å². The smallest absolute Gasteiger partial charge is 0.278 e. The number of carbonyl (C=O) groups excluding carboxylic acids is 1. The molecule has 1 amide bonds. The summed E-state index contributed by atoms with van der Waals surface area (Å²) >= 11 is 0. The Morgan fingerprint density at radius 1 is 1.15 bits per heavy atom. The Hall–Kier alpha value is -3.28. The molecule has 0 saturated heterocycles. The Labute approximate surface area is 151 Å². The van der Waals surface area contributed by atoms with E-state index in [0.717, 1.165) is 5.56 Å². The van der Waals surface area contributed by atoms with Crippen molar-refractivity contribution in [2.45, 2.75) is 20.5 Å². The Morgan fingerprint density at radius 3 is 2.65 bits per heavy atom. The summed E-state index contributed by atoms with van der Waals surface area (Å²) in [6.45, 7) is 3.88. The molecule has 0 saturated carbocycles. The van der Waals surface area contributed by atoms with Crippen LogP contribution < -0.4 is 14.8 Å². The minimum absolute atomic E-state index is 0.188. The standard InChI is InChI=1S/C20H20N2O4/c1-13-9-10-18(24-3)17(11-13)21-20(23)19-16(14(2)26-22-19)12-25-15-7-5-4-6-8-15/h4-11H,12H2,1-3H3,(H,21,23). The van der Waals surface area contributed by atoms with Gasteiger partial charge in [-0.15, -0.1) is 0 Å². The second-order valence-corrected chi connectivity index (χ2v) is 5.83. The third-order valence-corrected chi connectivity index (χ3v) is 3.93. The molecule has 1 aromatic heterocycles. The van der Waals surface area contributed by atoms with Gasteiger partial charge in [0.1, 0.15) is 23.9 Å². The summed E-state index contributed by atoms with van der Waals surface area (Å²) in [7, 11) is 1.56. The van der Waals surface area contributed by atoms with Crippen LogP contribution in [0, 0.1) is 13.8 Å². The van der Waals surface area contributed by atoms with E-state index in [4.69, 9.17) is 14.0 Å². The number of benzene rings is 2. The van der Waals surface area contributed by atoms with E-state index in [0.29, 0.717) is 28.5 Å². The van der Waals surface area contributed by atoms with Gasteiger partial charge >= 0.3 is 0 Å². The molecule has 134 valence electrons. The number of amides is 1. The number of hydrogen-bond donors (Lipinski definition) is 1. The number of nitrogens with zero attached hydrogens (tertiary/aromatic N) is 1. The first-order chi connectivity index (χ1) is 12.6. The van der Waals surface area contributed by atoms with Crippen LogP contribution in [0.5, 0.6) is 11.5 Å². The van der Waals surface area contributed by atoms with E-state index in [1.807, 2.05) is 49.4 Å². The molecule has 1 N–H and O–H groups in total. The number of nitrogens with one attached hydrogen (secondary N) is 1. The lowest BCUT2D eigenvalue weighted by atomic mass is 10.1. The molecule has 0 bridgehead atoms. The minimum atomic E-state index is -0.377. The van der Waals surface area contributed by atoms with Crippen LogP contribution in [-0.2, 0) is 6.61 Å². The van der Waals surface area contributed by atoms with Gasteiger partial charge < -0.3 is 19.3 Å². The maximum Gasteiger partial charge on any atom is 0.278 e. The maximum atomic E-state index is 12.7. The number of anilines is 1. The molecule has 0 unspecified atom stereocenters. The maximum absolute atomic E-state index is 12.7. The van der Waals surface area contributed by atoms with Gasteiger partial charge in [-0.25, -0.2) is 0 Å². The first-order valence-corrected chi connectivity index (χ1v) is 8.17. The lowest BCUT2D eigenvalue weighted by Gasteiger charge is -2.11. The molecule has 0 aliphatic carbocycles. The third kappa shape index (κ3) is 3.85. The van der Waals surface area contributed by atoms with Crippen LogP contribution >= 0.6 is 0 Å². The van der Waals surface area contributed by atoms with Crippen LogP contribution in [0.15, 0.2) is 53.1 Å². The second-order valence-electron chi connectivity index (χ2n) is 5.83. The highest BCUT2D eigenvalue weighted by Crippen LogP contribution is 2.26. The van der Waals surface area contributed by atoms with Crippen molar-refractivity contribution in [1.29, 1.82) is 0 Å². The number of carbonyl (C=O) groups is 1. The average molecular weight is 352 g/mol. The Bertz CT molecular complexity index is 903. The SMILES string of the molecule is COc1ccc(C)cc1NC(=O)c1noc(C)c1COc1ccccc1. The molecule has 0 atom stereocenters. The van der Waals surface area contributed by atoms with Gasteiger partial charge in [-0.2, -0.15) is 0 Å². The Balaban J connectivity index is 1.79. The third-order valence-electron chi connectivity index (χ3n) is 3.93. The van der Waals surface area contributed by atoms with E-state index in [-0.39, 0.29) is 18.2 Å². The molecular formula is C20H20N2O4. The highest BCUT2D eigenvalue weighted by Gasteiger charge is 2.21. The Kier molecular flexibility index (Phi) is 5.22. The van der Waals surface area contributed by atoms with Crippen molar-refractivity contribution in [3.63, 3.8) is 0 Å². The molecule has 6 nitrogen and oxygen atoms in total. The van der Waals surface area contributed by atoms with Crippen molar-refractivity contribution in [3.05, 3.63) is 71.1 Å². The van der Waals surface area contributed by atoms with E-state index in [1.54, 1.807) is 20.1 Å². The summed E-state index contributed by atoms with van der Waals surface area (Å²) in [4.78, 5) is 12.7. The molecule has 0 aliphatic heterocycles. The van der Waals surface area contributed by atoms with Crippen molar-refractivity contribution in [2.24, 2.45) is 0 Å². The number of hydrogen-bond acceptors (Lipinski definition) is 5. The van der Waals surface area contributed by atoms with Gasteiger partial charge in [0.2, 0.25) is 0 Å². The van der Waals surface area contributed by atoms with Crippen molar-refractivity contribution < 1.29 is 18.8 Å². The number of ether oxygens (including phenoxy) is 2. The summed E-state index contributed by atoms with van der Waals surface area (Å²) in [5.41, 5.74) is 2.39. The highest BCUT2D eigenvalue weighted by molar-refractivity contribution is 6.04. The number of aromatic nitrogens is 1. The van der Waals surface area contributed by atoms with Crippen LogP contribution in [0.3, 0.4) is 0 Å². The minimum Gasteiger partial charge on any atom is -0.495 e. The van der Waals surface area contributed by atoms with Crippen LogP contribution in [-0.4, -0.2) is 18.2 Å². The van der Waals surface area contributed by atoms with E-state index < -0.39 is 0 Å². The zero-order chi connectivity index (χ0) is 18.5. The van der Waals surface area contributed by atoms with Gasteiger partial charge in [0, 0.05) is 0 Å². The first-order valence-electron chi connectivity index (χ1n) is 8.17. The molecule has 1 heterocycles. The van der Waals surface area contributed by atoms with Gasteiger partial charge in [0.25, 0.3) is 5.91 Å². The van der Waals surface area contributed by atoms with E-state index in [1.165, 1.54) is 0 Å². The normalized spacial score (nSPS) is 10.4. The fourth-order valence-corrected chi connectivity index (χ4v) is 2.51. The fourth-order valence-electron chi connectivity index (χ4n) is 2.51. The first kappa shape index (κ1) is 17.5. The summed E-state index contributed by atoms with van der Waals surface area (Å²) < 4.78 is 16.2. The van der Waals surface area contributed by atoms with Gasteiger partial charge in [0.15, 0.2) is 5.69 Å². The quantitative estimate of drug-likeness (QED) is 0.722. The van der Waals surface area contributed by atoms with E-state index in [2.05, 4.69) is 10.5 Å². The molecule has 2 aromatic carbocycles. The molecule has 6 heteroatoms. The average Bonchev–Trinajstić information content (AvgIpc) is 3.02. The molecule has 3 aromatic rings. The fraction of sp³-hybridized carbons (Fsp3) is 0.200. The van der Waals surface area contributed by atoms with Crippen molar-refractivity contribution in [2.75, 3.05) is 12.4 Å². The van der Waals surface area contributed by atoms with Gasteiger partial charge in [-0.1, -0.05) is 29.4 Å². The van der Waals surface area contributed by atoms with Crippen LogP contribution in [0.1, 0.15) is 27.4 Å². The summed E-state index contributed by atoms with van der Waals surface area (Å²) in [5.74, 6) is 1.45. The topological polar surface area (TPSA) is 73.6 Å². The number of para-hydroxylation sites is 1. The number of methoxy groups -OCH3 is 1. The number of rotatable bonds is 6. The summed E-state index contributed by atoms with van der Waals surface area (Å²) in [6.07, 6.45) is 0. The van der Waals surface area contributed by atoms with Crippen LogP contribution in [0.25, 0.3) is 0 Å². The summed E-state index contributed by atoms with van der Waals surface area (Å²) in [6, 6.07) is 14.9. The molecular weight excluding hydrogens is 332 g/mol. The predicted molar refractivity (Wildman–Crippen MR) is 97.7 cm³/mol. The molecule has 0 fully saturated rings. The predicted octanol–water partition coefficient (Wildman–Crippen LogP) is 4.13. The van der Waals surface area contributed by atoms with E-state index in [9.17, 15) is 4.79 Å². The second kappa shape index (κ2) is 7.74.